The maximum atomic E-state index is 12.6. The number of halogens is 2. The molecule has 2 N–H and O–H groups in total. The minimum Gasteiger partial charge on any atom is -1.00 e. The van der Waals surface area contributed by atoms with E-state index in [1.54, 1.807) is 23.5 Å². The minimum absolute atomic E-state index is 0. The zero-order valence-electron chi connectivity index (χ0n) is 24.0. The molecule has 0 bridgehead atoms. The van der Waals surface area contributed by atoms with Crippen LogP contribution in [0.3, 0.4) is 0 Å². The lowest BCUT2D eigenvalue weighted by Gasteiger charge is -2.12. The normalized spacial score (nSPS) is 10.7. The van der Waals surface area contributed by atoms with Gasteiger partial charge in [0.05, 0.1) is 22.7 Å². The van der Waals surface area contributed by atoms with E-state index >= 15 is 0 Å². The van der Waals surface area contributed by atoms with Crippen molar-refractivity contribution in [3.05, 3.63) is 69.6 Å². The fourth-order valence-electron chi connectivity index (χ4n) is 4.59. The quantitative estimate of drug-likeness (QED) is 0.118. The molecule has 0 saturated heterocycles. The van der Waals surface area contributed by atoms with Crippen LogP contribution in [0.15, 0.2) is 54.0 Å². The molecule has 5 nitrogen and oxygen atoms in total. The van der Waals surface area contributed by atoms with Crippen molar-refractivity contribution in [1.82, 2.24) is 0 Å². The summed E-state index contributed by atoms with van der Waals surface area (Å²) in [5.74, 6) is 0.725. The number of ether oxygens (including phenoxy) is 1. The molecule has 0 aliphatic rings. The molecular formula is C32H45BrClN3O2S. The molecule has 3 aromatic rings. The Balaban J connectivity index is 0.00000560. The number of hydrogen-bond acceptors (Lipinski definition) is 3. The standard InChI is InChI=1S/C32H44ClN3O2S.BrH/c1-3-4-5-6-7-8-9-10-11-12-13-14-21-38-29-18-19-31(30(33)24-29)35-32(37)34-28-17-15-16-27(23-28)25-36-20-22-39-26(36)2;/h15-20,22-24H,3-14,21,25H2,1-2H3,(H-,34,35,37);1H. The van der Waals surface area contributed by atoms with Gasteiger partial charge in [0.1, 0.15) is 5.75 Å². The number of benzene rings is 2. The van der Waals surface area contributed by atoms with E-state index in [2.05, 4.69) is 46.7 Å². The third-order valence-corrected chi connectivity index (χ3v) is 8.02. The Bertz CT molecular complexity index is 1140. The van der Waals surface area contributed by atoms with E-state index in [1.165, 1.54) is 75.6 Å². The van der Waals surface area contributed by atoms with Crippen LogP contribution in [-0.4, -0.2) is 12.6 Å². The first-order valence-corrected chi connectivity index (χ1v) is 15.8. The van der Waals surface area contributed by atoms with Crippen LogP contribution in [0.4, 0.5) is 16.2 Å². The third kappa shape index (κ3) is 13.0. The van der Waals surface area contributed by atoms with Crippen LogP contribution in [0.2, 0.25) is 5.02 Å². The third-order valence-electron chi connectivity index (χ3n) is 6.88. The van der Waals surface area contributed by atoms with Crippen molar-refractivity contribution >= 4 is 40.3 Å². The Hall–Kier alpha value is -2.09. The molecule has 0 aliphatic carbocycles. The SMILES string of the molecule is CCCCCCCCCCCCCCOc1ccc(NC(=O)Nc2cccc(C[n+]3ccsc3C)c2)c(Cl)c1.[Br-]. The molecule has 0 fully saturated rings. The van der Waals surface area contributed by atoms with Crippen LogP contribution in [0.5, 0.6) is 5.75 Å². The number of anilines is 2. The first-order chi connectivity index (χ1) is 19.0. The van der Waals surface area contributed by atoms with Crippen LogP contribution in [0.1, 0.15) is 94.5 Å². The molecular weight excluding hydrogens is 606 g/mol. The molecule has 0 unspecified atom stereocenters. The van der Waals surface area contributed by atoms with E-state index in [0.29, 0.717) is 17.3 Å². The second-order valence-electron chi connectivity index (χ2n) is 10.2. The first kappa shape index (κ1) is 34.1. The topological polar surface area (TPSA) is 54.2 Å². The Morgan fingerprint density at radius 3 is 2.20 bits per heavy atom. The number of carbonyl (C=O) groups excluding carboxylic acids is 1. The molecule has 0 spiro atoms. The van der Waals surface area contributed by atoms with E-state index < -0.39 is 0 Å². The Morgan fingerprint density at radius 1 is 0.900 bits per heavy atom. The van der Waals surface area contributed by atoms with Gasteiger partial charge in [-0.05, 0) is 30.7 Å². The van der Waals surface area contributed by atoms with Crippen LogP contribution >= 0.6 is 22.9 Å². The number of hydrogen-bond donors (Lipinski definition) is 2. The summed E-state index contributed by atoms with van der Waals surface area (Å²) in [6.45, 7) is 5.81. The van der Waals surface area contributed by atoms with Gasteiger partial charge < -0.3 is 32.4 Å². The van der Waals surface area contributed by atoms with Crippen molar-refractivity contribution in [2.24, 2.45) is 0 Å². The zero-order chi connectivity index (χ0) is 27.7. The highest BCUT2D eigenvalue weighted by Crippen LogP contribution is 2.27. The first-order valence-electron chi connectivity index (χ1n) is 14.6. The summed E-state index contributed by atoms with van der Waals surface area (Å²) in [6, 6.07) is 12.9. The highest BCUT2D eigenvalue weighted by atomic mass is 79.9. The van der Waals surface area contributed by atoms with Gasteiger partial charge in [-0.25, -0.2) is 4.79 Å². The van der Waals surface area contributed by atoms with Gasteiger partial charge in [0.25, 0.3) is 0 Å². The second-order valence-corrected chi connectivity index (χ2v) is 11.7. The van der Waals surface area contributed by atoms with E-state index in [1.807, 2.05) is 24.3 Å². The summed E-state index contributed by atoms with van der Waals surface area (Å²) in [5, 5.41) is 9.50. The van der Waals surface area contributed by atoms with E-state index in [0.717, 1.165) is 30.0 Å². The summed E-state index contributed by atoms with van der Waals surface area (Å²) in [5.41, 5.74) is 2.40. The summed E-state index contributed by atoms with van der Waals surface area (Å²) < 4.78 is 8.07. The lowest BCUT2D eigenvalue weighted by Crippen LogP contribution is -3.00. The number of aryl methyl sites for hydroxylation is 1. The number of unbranched alkanes of at least 4 members (excludes halogenated alkanes) is 11. The van der Waals surface area contributed by atoms with Gasteiger partial charge in [0, 0.05) is 24.2 Å². The number of urea groups is 1. The number of aromatic nitrogens is 1. The van der Waals surface area contributed by atoms with Gasteiger partial charge in [-0.3, -0.25) is 0 Å². The summed E-state index contributed by atoms with van der Waals surface area (Å²) in [7, 11) is 0. The molecule has 3 rings (SSSR count). The molecule has 0 atom stereocenters. The maximum Gasteiger partial charge on any atom is 0.323 e. The molecule has 0 radical (unpaired) electrons. The fraction of sp³-hybridized carbons (Fsp3) is 0.500. The Kier molecular flexibility index (Phi) is 17.0. The smallest absolute Gasteiger partial charge is 0.323 e. The number of nitrogens with zero attached hydrogens (tertiary/aromatic N) is 1. The monoisotopic (exact) mass is 649 g/mol. The molecule has 40 heavy (non-hydrogen) atoms. The Labute approximate surface area is 260 Å². The molecule has 1 aromatic heterocycles. The average molecular weight is 651 g/mol. The predicted molar refractivity (Wildman–Crippen MR) is 165 cm³/mol. The van der Waals surface area contributed by atoms with E-state index in [4.69, 9.17) is 16.3 Å². The van der Waals surface area contributed by atoms with Gasteiger partial charge >= 0.3 is 6.03 Å². The lowest BCUT2D eigenvalue weighted by molar-refractivity contribution is -0.689. The van der Waals surface area contributed by atoms with Crippen molar-refractivity contribution in [2.75, 3.05) is 17.2 Å². The van der Waals surface area contributed by atoms with Crippen molar-refractivity contribution in [2.45, 2.75) is 97.4 Å². The van der Waals surface area contributed by atoms with Gasteiger partial charge in [-0.15, -0.1) is 0 Å². The molecule has 0 aliphatic heterocycles. The predicted octanol–water partition coefficient (Wildman–Crippen LogP) is 6.77. The highest BCUT2D eigenvalue weighted by Gasteiger charge is 2.11. The summed E-state index contributed by atoms with van der Waals surface area (Å²) in [4.78, 5) is 12.6. The highest BCUT2D eigenvalue weighted by molar-refractivity contribution is 7.09. The fourth-order valence-corrected chi connectivity index (χ4v) is 5.47. The largest absolute Gasteiger partial charge is 1.00 e. The molecule has 220 valence electrons. The number of amides is 2. The Morgan fingerprint density at radius 2 is 1.57 bits per heavy atom. The van der Waals surface area contributed by atoms with Crippen LogP contribution in [0.25, 0.3) is 0 Å². The lowest BCUT2D eigenvalue weighted by atomic mass is 10.1. The van der Waals surface area contributed by atoms with Crippen LogP contribution < -0.4 is 36.9 Å². The van der Waals surface area contributed by atoms with Gasteiger partial charge in [-0.1, -0.05) is 113 Å². The van der Waals surface area contributed by atoms with Crippen LogP contribution in [-0.2, 0) is 6.54 Å². The van der Waals surface area contributed by atoms with Gasteiger partial charge in [0.2, 0.25) is 5.01 Å². The summed E-state index contributed by atoms with van der Waals surface area (Å²) >= 11 is 8.15. The van der Waals surface area contributed by atoms with Crippen molar-refractivity contribution in [1.29, 1.82) is 0 Å². The average Bonchev–Trinajstić information content (AvgIpc) is 3.32. The van der Waals surface area contributed by atoms with Crippen LogP contribution in [0, 0.1) is 6.92 Å². The molecule has 1 heterocycles. The number of rotatable bonds is 18. The number of carbonyl (C=O) groups is 1. The molecule has 2 aromatic carbocycles. The second kappa shape index (κ2) is 19.9. The molecule has 2 amide bonds. The van der Waals surface area contributed by atoms with Crippen molar-refractivity contribution < 1.29 is 31.1 Å². The maximum absolute atomic E-state index is 12.6. The van der Waals surface area contributed by atoms with Crippen molar-refractivity contribution in [3.63, 3.8) is 0 Å². The molecule has 8 heteroatoms. The van der Waals surface area contributed by atoms with E-state index in [9.17, 15) is 4.79 Å². The van der Waals surface area contributed by atoms with Gasteiger partial charge in [0.15, 0.2) is 12.7 Å². The van der Waals surface area contributed by atoms with E-state index in [-0.39, 0.29) is 23.0 Å². The van der Waals surface area contributed by atoms with Crippen molar-refractivity contribution in [3.8, 4) is 5.75 Å². The zero-order valence-corrected chi connectivity index (χ0v) is 27.2. The summed E-state index contributed by atoms with van der Waals surface area (Å²) in [6.07, 6.45) is 17.9. The van der Waals surface area contributed by atoms with Gasteiger partial charge in [-0.2, -0.15) is 4.57 Å². The number of thiazole rings is 1. The molecule has 0 saturated carbocycles. The number of nitrogens with one attached hydrogen (secondary N) is 2. The minimum atomic E-state index is -0.335.